The summed E-state index contributed by atoms with van der Waals surface area (Å²) >= 11 is 0. The van der Waals surface area contributed by atoms with Gasteiger partial charge >= 0.3 is 5.69 Å². The highest BCUT2D eigenvalue weighted by Gasteiger charge is 2.15. The number of imidazole rings is 1. The molecule has 1 atom stereocenters. The standard InChI is InChI=1S/C20H20N6O2/c1-14(15-7-9-16(10-8-15)26-13-21-12-22-26)23-19(27)11-25-18-6-4-3-5-17(18)24(2)20(25)28/h3-10,12-14H,11H2,1-2H3,(H,23,27). The van der Waals surface area contributed by atoms with E-state index in [-0.39, 0.29) is 24.2 Å². The Labute approximate surface area is 161 Å². The van der Waals surface area contributed by atoms with Gasteiger partial charge in [-0.2, -0.15) is 5.10 Å². The molecule has 1 amide bonds. The lowest BCUT2D eigenvalue weighted by Gasteiger charge is -2.15. The number of rotatable bonds is 5. The van der Waals surface area contributed by atoms with Gasteiger partial charge < -0.3 is 5.32 Å². The molecule has 4 rings (SSSR count). The van der Waals surface area contributed by atoms with Crippen molar-refractivity contribution in [3.63, 3.8) is 0 Å². The second-order valence-electron chi connectivity index (χ2n) is 6.64. The van der Waals surface area contributed by atoms with Crippen molar-refractivity contribution < 1.29 is 4.79 Å². The number of nitrogens with one attached hydrogen (secondary N) is 1. The molecule has 2 heterocycles. The normalized spacial score (nSPS) is 12.2. The van der Waals surface area contributed by atoms with Gasteiger partial charge in [0.1, 0.15) is 19.2 Å². The summed E-state index contributed by atoms with van der Waals surface area (Å²) < 4.78 is 4.71. The van der Waals surface area contributed by atoms with Crippen molar-refractivity contribution in [1.82, 2.24) is 29.2 Å². The molecule has 4 aromatic rings. The Morgan fingerprint density at radius 1 is 1.11 bits per heavy atom. The van der Waals surface area contributed by atoms with Crippen molar-refractivity contribution in [1.29, 1.82) is 0 Å². The maximum absolute atomic E-state index is 12.6. The van der Waals surface area contributed by atoms with E-state index >= 15 is 0 Å². The monoisotopic (exact) mass is 376 g/mol. The third kappa shape index (κ3) is 3.20. The lowest BCUT2D eigenvalue weighted by atomic mass is 10.1. The van der Waals surface area contributed by atoms with Crippen molar-refractivity contribution >= 4 is 16.9 Å². The van der Waals surface area contributed by atoms with E-state index in [0.717, 1.165) is 22.3 Å². The number of benzene rings is 2. The quantitative estimate of drug-likeness (QED) is 0.575. The van der Waals surface area contributed by atoms with Crippen LogP contribution in [0.1, 0.15) is 18.5 Å². The van der Waals surface area contributed by atoms with Crippen LogP contribution in [0.4, 0.5) is 0 Å². The molecule has 0 radical (unpaired) electrons. The van der Waals surface area contributed by atoms with Crippen LogP contribution in [0.15, 0.2) is 66.0 Å². The van der Waals surface area contributed by atoms with Gasteiger partial charge in [0.05, 0.1) is 22.8 Å². The number of aryl methyl sites for hydroxylation is 1. The molecular formula is C20H20N6O2. The van der Waals surface area contributed by atoms with Crippen molar-refractivity contribution in [3.8, 4) is 5.69 Å². The fourth-order valence-corrected chi connectivity index (χ4v) is 3.29. The molecule has 0 aliphatic rings. The number of fused-ring (bicyclic) bond motifs is 1. The van der Waals surface area contributed by atoms with E-state index in [1.165, 1.54) is 10.9 Å². The first-order valence-corrected chi connectivity index (χ1v) is 8.93. The summed E-state index contributed by atoms with van der Waals surface area (Å²) in [6.45, 7) is 1.88. The van der Waals surface area contributed by atoms with Gasteiger partial charge in [-0.3, -0.25) is 13.9 Å². The number of carbonyl (C=O) groups is 1. The van der Waals surface area contributed by atoms with Crippen LogP contribution in [0.2, 0.25) is 0 Å². The first kappa shape index (κ1) is 17.7. The van der Waals surface area contributed by atoms with Gasteiger partial charge in [0, 0.05) is 7.05 Å². The molecule has 28 heavy (non-hydrogen) atoms. The van der Waals surface area contributed by atoms with Crippen molar-refractivity contribution in [3.05, 3.63) is 77.2 Å². The van der Waals surface area contributed by atoms with Gasteiger partial charge in [-0.25, -0.2) is 14.5 Å². The van der Waals surface area contributed by atoms with Crippen LogP contribution in [-0.2, 0) is 18.4 Å². The Balaban J connectivity index is 1.48. The number of para-hydroxylation sites is 2. The van der Waals surface area contributed by atoms with Gasteiger partial charge in [0.25, 0.3) is 0 Å². The zero-order chi connectivity index (χ0) is 19.7. The largest absolute Gasteiger partial charge is 0.348 e. The Bertz CT molecular complexity index is 1170. The van der Waals surface area contributed by atoms with Crippen LogP contribution in [0, 0.1) is 0 Å². The van der Waals surface area contributed by atoms with E-state index in [4.69, 9.17) is 0 Å². The fraction of sp³-hybridized carbons (Fsp3) is 0.200. The minimum atomic E-state index is -0.216. The zero-order valence-corrected chi connectivity index (χ0v) is 15.6. The predicted octanol–water partition coefficient (Wildman–Crippen LogP) is 1.80. The Kier molecular flexibility index (Phi) is 4.52. The predicted molar refractivity (Wildman–Crippen MR) is 105 cm³/mol. The summed E-state index contributed by atoms with van der Waals surface area (Å²) in [5.74, 6) is -0.216. The molecule has 2 aromatic heterocycles. The third-order valence-electron chi connectivity index (χ3n) is 4.81. The SMILES string of the molecule is CC(NC(=O)Cn1c(=O)n(C)c2ccccc21)c1ccc(-n2cncn2)cc1. The maximum atomic E-state index is 12.6. The summed E-state index contributed by atoms with van der Waals surface area (Å²) in [6.07, 6.45) is 3.11. The topological polar surface area (TPSA) is 86.7 Å². The first-order valence-electron chi connectivity index (χ1n) is 8.93. The summed E-state index contributed by atoms with van der Waals surface area (Å²) in [5, 5.41) is 7.05. The third-order valence-corrected chi connectivity index (χ3v) is 4.81. The lowest BCUT2D eigenvalue weighted by molar-refractivity contribution is -0.122. The number of hydrogen-bond acceptors (Lipinski definition) is 4. The number of hydrogen-bond donors (Lipinski definition) is 1. The van der Waals surface area contributed by atoms with Gasteiger partial charge in [0.2, 0.25) is 5.91 Å². The smallest absolute Gasteiger partial charge is 0.329 e. The molecule has 1 N–H and O–H groups in total. The summed E-state index contributed by atoms with van der Waals surface area (Å²) in [6, 6.07) is 15.0. The van der Waals surface area contributed by atoms with E-state index in [1.807, 2.05) is 55.5 Å². The molecule has 0 aliphatic carbocycles. The highest BCUT2D eigenvalue weighted by atomic mass is 16.2. The van der Waals surface area contributed by atoms with Crippen LogP contribution in [0.25, 0.3) is 16.7 Å². The molecule has 0 fully saturated rings. The Morgan fingerprint density at radius 3 is 2.50 bits per heavy atom. The van der Waals surface area contributed by atoms with Crippen LogP contribution in [0.5, 0.6) is 0 Å². The molecule has 1 unspecified atom stereocenters. The zero-order valence-electron chi connectivity index (χ0n) is 15.6. The molecule has 0 bridgehead atoms. The second kappa shape index (κ2) is 7.15. The molecule has 8 nitrogen and oxygen atoms in total. The molecule has 2 aromatic carbocycles. The van der Waals surface area contributed by atoms with E-state index < -0.39 is 0 Å². The molecular weight excluding hydrogens is 356 g/mol. The van der Waals surface area contributed by atoms with Crippen LogP contribution in [-0.4, -0.2) is 29.8 Å². The average Bonchev–Trinajstić information content (AvgIpc) is 3.32. The maximum Gasteiger partial charge on any atom is 0.329 e. The highest BCUT2D eigenvalue weighted by molar-refractivity contribution is 5.81. The van der Waals surface area contributed by atoms with Gasteiger partial charge in [-0.1, -0.05) is 24.3 Å². The van der Waals surface area contributed by atoms with E-state index in [9.17, 15) is 9.59 Å². The van der Waals surface area contributed by atoms with Crippen LogP contribution < -0.4 is 11.0 Å². The Hall–Kier alpha value is -3.68. The van der Waals surface area contributed by atoms with Crippen molar-refractivity contribution in [2.45, 2.75) is 19.5 Å². The number of nitrogens with zero attached hydrogens (tertiary/aromatic N) is 5. The van der Waals surface area contributed by atoms with Crippen LogP contribution >= 0.6 is 0 Å². The van der Waals surface area contributed by atoms with Gasteiger partial charge in [-0.05, 0) is 36.8 Å². The van der Waals surface area contributed by atoms with Gasteiger partial charge in [0.15, 0.2) is 0 Å². The molecule has 0 saturated heterocycles. The number of amides is 1. The number of carbonyl (C=O) groups excluding carboxylic acids is 1. The first-order chi connectivity index (χ1) is 13.5. The van der Waals surface area contributed by atoms with Crippen molar-refractivity contribution in [2.24, 2.45) is 7.05 Å². The van der Waals surface area contributed by atoms with E-state index in [2.05, 4.69) is 15.4 Å². The number of aromatic nitrogens is 5. The van der Waals surface area contributed by atoms with E-state index in [1.54, 1.807) is 22.6 Å². The Morgan fingerprint density at radius 2 is 1.82 bits per heavy atom. The summed E-state index contributed by atoms with van der Waals surface area (Å²) in [4.78, 5) is 28.9. The van der Waals surface area contributed by atoms with Gasteiger partial charge in [-0.15, -0.1) is 0 Å². The lowest BCUT2D eigenvalue weighted by Crippen LogP contribution is -2.34. The fourth-order valence-electron chi connectivity index (χ4n) is 3.29. The van der Waals surface area contributed by atoms with Crippen LogP contribution in [0.3, 0.4) is 0 Å². The minimum Gasteiger partial charge on any atom is -0.348 e. The summed E-state index contributed by atoms with van der Waals surface area (Å²) in [7, 11) is 1.71. The molecule has 0 saturated carbocycles. The highest BCUT2D eigenvalue weighted by Crippen LogP contribution is 2.16. The minimum absolute atomic E-state index is 0.0262. The second-order valence-corrected chi connectivity index (χ2v) is 6.64. The van der Waals surface area contributed by atoms with E-state index in [0.29, 0.717) is 0 Å². The molecule has 8 heteroatoms. The average molecular weight is 376 g/mol. The molecule has 0 spiro atoms. The van der Waals surface area contributed by atoms with Crippen molar-refractivity contribution in [2.75, 3.05) is 0 Å². The molecule has 142 valence electrons. The summed E-state index contributed by atoms with van der Waals surface area (Å²) in [5.41, 5.74) is 3.19. The molecule has 0 aliphatic heterocycles.